The topological polar surface area (TPSA) is 80.1 Å². The van der Waals surface area contributed by atoms with E-state index in [1.807, 2.05) is 17.1 Å². The molecule has 7 nitrogen and oxygen atoms in total. The van der Waals surface area contributed by atoms with E-state index in [4.69, 9.17) is 0 Å². The lowest BCUT2D eigenvalue weighted by atomic mass is 9.98. The van der Waals surface area contributed by atoms with Crippen LogP contribution in [0.3, 0.4) is 0 Å². The Morgan fingerprint density at radius 1 is 1.36 bits per heavy atom. The molecule has 0 aromatic carbocycles. The molecule has 0 radical (unpaired) electrons. The minimum Gasteiger partial charge on any atom is -0.302 e. The molecule has 0 spiro atoms. The van der Waals surface area contributed by atoms with Crippen molar-refractivity contribution in [1.82, 2.24) is 19.7 Å². The first kappa shape index (κ1) is 17.8. The van der Waals surface area contributed by atoms with Crippen molar-refractivity contribution in [2.75, 3.05) is 18.4 Å². The van der Waals surface area contributed by atoms with E-state index in [-0.39, 0.29) is 11.7 Å². The smallest absolute Gasteiger partial charge is 0.223 e. The normalized spacial score (nSPS) is 18.2. The number of anilines is 1. The number of piperidine rings is 1. The van der Waals surface area contributed by atoms with E-state index in [9.17, 15) is 9.59 Å². The van der Waals surface area contributed by atoms with Crippen LogP contribution in [0, 0.1) is 5.92 Å². The van der Waals surface area contributed by atoms with Crippen molar-refractivity contribution in [3.05, 3.63) is 29.0 Å². The molecule has 8 heteroatoms. The molecule has 2 aromatic rings. The predicted molar refractivity (Wildman–Crippen MR) is 96.7 cm³/mol. The number of ketones is 1. The van der Waals surface area contributed by atoms with E-state index in [1.54, 1.807) is 13.1 Å². The minimum atomic E-state index is -0.0944. The van der Waals surface area contributed by atoms with E-state index >= 15 is 0 Å². The number of carbonyl (C=O) groups is 2. The van der Waals surface area contributed by atoms with Crippen LogP contribution >= 0.6 is 11.3 Å². The molecule has 1 saturated heterocycles. The highest BCUT2D eigenvalue weighted by atomic mass is 32.1. The molecule has 1 atom stereocenters. The van der Waals surface area contributed by atoms with Crippen LogP contribution in [-0.4, -0.2) is 44.4 Å². The number of nitrogens with one attached hydrogen (secondary N) is 1. The van der Waals surface area contributed by atoms with Gasteiger partial charge in [-0.05, 0) is 32.2 Å². The maximum Gasteiger partial charge on any atom is 0.223 e. The molecular formula is C17H23N5O2S. The number of hydrogen-bond acceptors (Lipinski definition) is 6. The summed E-state index contributed by atoms with van der Waals surface area (Å²) in [6, 6.07) is 0. The molecule has 1 aliphatic rings. The molecule has 0 unspecified atom stereocenters. The van der Waals surface area contributed by atoms with Gasteiger partial charge in [0, 0.05) is 43.8 Å². The van der Waals surface area contributed by atoms with Crippen LogP contribution in [0.15, 0.2) is 18.6 Å². The number of Topliss-reactive ketones (excluding diaryl/α,β-unsaturated/α-hetero) is 1. The minimum absolute atomic E-state index is 0.0525. The molecular weight excluding hydrogens is 338 g/mol. The van der Waals surface area contributed by atoms with Gasteiger partial charge in [0.25, 0.3) is 0 Å². The van der Waals surface area contributed by atoms with Gasteiger partial charge in [-0.1, -0.05) is 0 Å². The number of amides is 1. The van der Waals surface area contributed by atoms with E-state index in [0.29, 0.717) is 16.6 Å². The van der Waals surface area contributed by atoms with Crippen LogP contribution in [0.1, 0.15) is 41.9 Å². The fraction of sp³-hybridized carbons (Fsp3) is 0.529. The van der Waals surface area contributed by atoms with Gasteiger partial charge in [-0.3, -0.25) is 19.2 Å². The number of nitrogens with zero attached hydrogens (tertiary/aromatic N) is 4. The molecule has 3 heterocycles. The molecule has 1 aliphatic heterocycles. The van der Waals surface area contributed by atoms with Gasteiger partial charge < -0.3 is 5.32 Å². The first-order valence-corrected chi connectivity index (χ1v) is 9.29. The fourth-order valence-electron chi connectivity index (χ4n) is 3.16. The van der Waals surface area contributed by atoms with Crippen molar-refractivity contribution in [2.24, 2.45) is 5.92 Å². The maximum atomic E-state index is 11.4. The van der Waals surface area contributed by atoms with Gasteiger partial charge in [-0.15, -0.1) is 11.3 Å². The zero-order valence-corrected chi connectivity index (χ0v) is 15.4. The summed E-state index contributed by atoms with van der Waals surface area (Å²) >= 11 is 1.53. The number of aromatic nitrogens is 3. The van der Waals surface area contributed by atoms with E-state index in [2.05, 4.69) is 20.3 Å². The molecule has 0 aliphatic carbocycles. The zero-order chi connectivity index (χ0) is 17.8. The van der Waals surface area contributed by atoms with Crippen LogP contribution in [-0.2, 0) is 17.9 Å². The van der Waals surface area contributed by atoms with Gasteiger partial charge >= 0.3 is 0 Å². The highest BCUT2D eigenvalue weighted by Gasteiger charge is 2.21. The van der Waals surface area contributed by atoms with Crippen LogP contribution in [0.25, 0.3) is 0 Å². The Bertz CT molecular complexity index is 754. The summed E-state index contributed by atoms with van der Waals surface area (Å²) in [5, 5.41) is 7.68. The quantitative estimate of drug-likeness (QED) is 0.799. The van der Waals surface area contributed by atoms with Crippen LogP contribution in [0.2, 0.25) is 0 Å². The van der Waals surface area contributed by atoms with Gasteiger partial charge in [0.05, 0.1) is 11.8 Å². The highest BCUT2D eigenvalue weighted by molar-refractivity contribution is 7.15. The molecule has 25 heavy (non-hydrogen) atoms. The second kappa shape index (κ2) is 7.88. The zero-order valence-electron chi connectivity index (χ0n) is 14.6. The van der Waals surface area contributed by atoms with E-state index in [0.717, 1.165) is 37.5 Å². The van der Waals surface area contributed by atoms with Crippen molar-refractivity contribution in [3.8, 4) is 0 Å². The predicted octanol–water partition coefficient (Wildman–Crippen LogP) is 2.41. The molecule has 2 aromatic heterocycles. The molecule has 1 fully saturated rings. The third-order valence-electron chi connectivity index (χ3n) is 4.30. The van der Waals surface area contributed by atoms with Crippen LogP contribution < -0.4 is 5.32 Å². The van der Waals surface area contributed by atoms with Crippen molar-refractivity contribution >= 4 is 28.2 Å². The molecule has 0 saturated carbocycles. The lowest BCUT2D eigenvalue weighted by Gasteiger charge is -2.32. The van der Waals surface area contributed by atoms with E-state index < -0.39 is 0 Å². The highest BCUT2D eigenvalue weighted by Crippen LogP contribution is 2.24. The number of thiazole rings is 1. The molecule has 3 rings (SSSR count). The van der Waals surface area contributed by atoms with Gasteiger partial charge in [0.1, 0.15) is 0 Å². The Labute approximate surface area is 151 Å². The lowest BCUT2D eigenvalue weighted by molar-refractivity contribution is -0.114. The third-order valence-corrected chi connectivity index (χ3v) is 5.20. The Morgan fingerprint density at radius 2 is 2.20 bits per heavy atom. The van der Waals surface area contributed by atoms with Crippen LogP contribution in [0.5, 0.6) is 0 Å². The average molecular weight is 361 g/mol. The van der Waals surface area contributed by atoms with Gasteiger partial charge in [-0.25, -0.2) is 4.98 Å². The number of rotatable bonds is 6. The second-order valence-electron chi connectivity index (χ2n) is 6.56. The van der Waals surface area contributed by atoms with E-state index in [1.165, 1.54) is 24.7 Å². The Hall–Kier alpha value is -2.06. The summed E-state index contributed by atoms with van der Waals surface area (Å²) in [5.74, 6) is 0.482. The lowest BCUT2D eigenvalue weighted by Crippen LogP contribution is -2.36. The summed E-state index contributed by atoms with van der Waals surface area (Å²) < 4.78 is 1.88. The van der Waals surface area contributed by atoms with Crippen LogP contribution in [0.4, 0.5) is 5.13 Å². The molecule has 1 amide bonds. The second-order valence-corrected chi connectivity index (χ2v) is 7.68. The molecule has 134 valence electrons. The SMILES string of the molecule is CC(=O)Nc1ncc(CN2CCC[C@@H](Cn3cc(C(C)=O)cn3)C2)s1. The number of likely N-dealkylation sites (tertiary alicyclic amines) is 1. The van der Waals surface area contributed by atoms with Crippen molar-refractivity contribution in [1.29, 1.82) is 0 Å². The molecule has 1 N–H and O–H groups in total. The fourth-order valence-corrected chi connectivity index (χ4v) is 4.06. The average Bonchev–Trinajstić information content (AvgIpc) is 3.17. The van der Waals surface area contributed by atoms with Crippen molar-refractivity contribution in [2.45, 2.75) is 39.8 Å². The summed E-state index contributed by atoms with van der Waals surface area (Å²) in [6.07, 6.45) is 7.65. The molecule has 0 bridgehead atoms. The van der Waals surface area contributed by atoms with Crippen molar-refractivity contribution in [3.63, 3.8) is 0 Å². The maximum absolute atomic E-state index is 11.4. The largest absolute Gasteiger partial charge is 0.302 e. The monoisotopic (exact) mass is 361 g/mol. The number of carbonyl (C=O) groups excluding carboxylic acids is 2. The summed E-state index contributed by atoms with van der Waals surface area (Å²) in [6.45, 7) is 6.82. The first-order valence-electron chi connectivity index (χ1n) is 8.47. The summed E-state index contributed by atoms with van der Waals surface area (Å²) in [4.78, 5) is 30.3. The van der Waals surface area contributed by atoms with Crippen molar-refractivity contribution < 1.29 is 9.59 Å². The standard InChI is InChI=1S/C17H23N5O2S/c1-12(23)15-6-19-22(10-15)9-14-4-3-5-21(8-14)11-16-7-18-17(25-16)20-13(2)24/h6-7,10,14H,3-5,8-9,11H2,1-2H3,(H,18,20,24)/t14-/m1/s1. The summed E-state index contributed by atoms with van der Waals surface area (Å²) in [7, 11) is 0. The van der Waals surface area contributed by atoms with Gasteiger partial charge in [0.15, 0.2) is 10.9 Å². The Balaban J connectivity index is 1.54. The first-order chi connectivity index (χ1) is 12.0. The Kier molecular flexibility index (Phi) is 5.60. The summed E-state index contributed by atoms with van der Waals surface area (Å²) in [5.41, 5.74) is 0.669. The Morgan fingerprint density at radius 3 is 2.92 bits per heavy atom. The number of hydrogen-bond donors (Lipinski definition) is 1. The van der Waals surface area contributed by atoms with Gasteiger partial charge in [0.2, 0.25) is 5.91 Å². The van der Waals surface area contributed by atoms with Gasteiger partial charge in [-0.2, -0.15) is 5.10 Å². The third kappa shape index (κ3) is 4.96.